The van der Waals surface area contributed by atoms with Gasteiger partial charge in [0.1, 0.15) is 11.6 Å². The smallest absolute Gasteiger partial charge is 0.143 e. The highest BCUT2D eigenvalue weighted by Crippen LogP contribution is 2.33. The number of nitrogens with zero attached hydrogens (tertiary/aromatic N) is 6. The molecule has 1 atom stereocenters. The van der Waals surface area contributed by atoms with Crippen LogP contribution in [0.1, 0.15) is 61.7 Å². The second-order valence-electron chi connectivity index (χ2n) is 7.50. The van der Waals surface area contributed by atoms with E-state index in [0.29, 0.717) is 6.04 Å². The lowest BCUT2D eigenvalue weighted by atomic mass is 10.1. The van der Waals surface area contributed by atoms with E-state index in [-0.39, 0.29) is 6.04 Å². The summed E-state index contributed by atoms with van der Waals surface area (Å²) in [6.07, 6.45) is 9.87. The second kappa shape index (κ2) is 7.23. The predicted molar refractivity (Wildman–Crippen MR) is 102 cm³/mol. The van der Waals surface area contributed by atoms with Gasteiger partial charge in [-0.05, 0) is 47.1 Å². The third-order valence-corrected chi connectivity index (χ3v) is 5.30. The van der Waals surface area contributed by atoms with Gasteiger partial charge in [-0.2, -0.15) is 0 Å². The van der Waals surface area contributed by atoms with E-state index in [4.69, 9.17) is 9.51 Å². The van der Waals surface area contributed by atoms with Gasteiger partial charge in [0.25, 0.3) is 0 Å². The number of rotatable bonds is 5. The van der Waals surface area contributed by atoms with Crippen LogP contribution >= 0.6 is 0 Å². The SMILES string of the molecule is Cc1noc(C)c1-c1cncc([C@H]2CCCN2Cc2nccn2C(C)C)n1. The maximum atomic E-state index is 5.30. The fourth-order valence-corrected chi connectivity index (χ4v) is 3.98. The van der Waals surface area contributed by atoms with Gasteiger partial charge in [0.15, 0.2) is 0 Å². The molecular weight excluding hydrogens is 340 g/mol. The van der Waals surface area contributed by atoms with E-state index in [0.717, 1.165) is 60.2 Å². The predicted octanol–water partition coefficient (Wildman–Crippen LogP) is 3.86. The van der Waals surface area contributed by atoms with Crippen molar-refractivity contribution in [2.45, 2.75) is 59.2 Å². The summed E-state index contributed by atoms with van der Waals surface area (Å²) in [7, 11) is 0. The molecule has 0 aliphatic carbocycles. The Balaban J connectivity index is 1.61. The van der Waals surface area contributed by atoms with Crippen molar-refractivity contribution in [3.05, 3.63) is 47.8 Å². The number of likely N-dealkylation sites (tertiary alicyclic amines) is 1. The number of aromatic nitrogens is 5. The van der Waals surface area contributed by atoms with Crippen LogP contribution in [0.25, 0.3) is 11.3 Å². The van der Waals surface area contributed by atoms with Crippen LogP contribution in [0.15, 0.2) is 29.3 Å². The van der Waals surface area contributed by atoms with Crippen LogP contribution in [0.4, 0.5) is 0 Å². The van der Waals surface area contributed by atoms with E-state index in [1.807, 2.05) is 26.2 Å². The topological polar surface area (TPSA) is 72.9 Å². The van der Waals surface area contributed by atoms with E-state index < -0.39 is 0 Å². The standard InChI is InChI=1S/C20H26N6O/c1-13(2)26-9-7-22-19(26)12-25-8-5-6-18(25)16-10-21-11-17(23-16)20-14(3)24-27-15(20)4/h7,9-11,13,18H,5-6,8,12H2,1-4H3/t18-/m1/s1. The maximum Gasteiger partial charge on any atom is 0.143 e. The average Bonchev–Trinajstić information content (AvgIpc) is 3.36. The van der Waals surface area contributed by atoms with Crippen molar-refractivity contribution >= 4 is 0 Å². The molecule has 1 aliphatic rings. The molecule has 0 bridgehead atoms. The Morgan fingerprint density at radius 3 is 2.85 bits per heavy atom. The van der Waals surface area contributed by atoms with Gasteiger partial charge in [-0.25, -0.2) is 9.97 Å². The summed E-state index contributed by atoms with van der Waals surface area (Å²) in [6, 6.07) is 0.668. The van der Waals surface area contributed by atoms with Crippen molar-refractivity contribution in [3.63, 3.8) is 0 Å². The summed E-state index contributed by atoms with van der Waals surface area (Å²) in [5.41, 5.74) is 3.64. The summed E-state index contributed by atoms with van der Waals surface area (Å²) < 4.78 is 7.54. The van der Waals surface area contributed by atoms with Crippen molar-refractivity contribution < 1.29 is 4.52 Å². The Labute approximate surface area is 159 Å². The molecule has 0 saturated carbocycles. The Morgan fingerprint density at radius 1 is 1.26 bits per heavy atom. The molecule has 0 amide bonds. The Hall–Kier alpha value is -2.54. The zero-order chi connectivity index (χ0) is 19.0. The molecule has 0 radical (unpaired) electrons. The van der Waals surface area contributed by atoms with Gasteiger partial charge >= 0.3 is 0 Å². The molecule has 1 saturated heterocycles. The molecule has 4 heterocycles. The van der Waals surface area contributed by atoms with Gasteiger partial charge < -0.3 is 9.09 Å². The quantitative estimate of drug-likeness (QED) is 0.683. The zero-order valence-corrected chi connectivity index (χ0v) is 16.4. The largest absolute Gasteiger partial charge is 0.361 e. The lowest BCUT2D eigenvalue weighted by molar-refractivity contribution is 0.233. The number of hydrogen-bond acceptors (Lipinski definition) is 6. The van der Waals surface area contributed by atoms with Gasteiger partial charge in [0.2, 0.25) is 0 Å². The van der Waals surface area contributed by atoms with Crippen molar-refractivity contribution in [1.82, 2.24) is 29.6 Å². The molecule has 0 unspecified atom stereocenters. The van der Waals surface area contributed by atoms with Gasteiger partial charge in [0, 0.05) is 18.4 Å². The monoisotopic (exact) mass is 366 g/mol. The van der Waals surface area contributed by atoms with E-state index >= 15 is 0 Å². The third-order valence-electron chi connectivity index (χ3n) is 5.30. The fourth-order valence-electron chi connectivity index (χ4n) is 3.98. The van der Waals surface area contributed by atoms with Crippen molar-refractivity contribution in [2.24, 2.45) is 0 Å². The van der Waals surface area contributed by atoms with E-state index in [2.05, 4.69) is 44.6 Å². The first kappa shape index (κ1) is 17.9. The van der Waals surface area contributed by atoms with E-state index in [9.17, 15) is 0 Å². The molecule has 142 valence electrons. The Bertz CT molecular complexity index is 909. The average molecular weight is 366 g/mol. The van der Waals surface area contributed by atoms with Crippen LogP contribution in [0.2, 0.25) is 0 Å². The summed E-state index contributed by atoms with van der Waals surface area (Å²) in [5, 5.41) is 4.05. The van der Waals surface area contributed by atoms with Gasteiger partial charge in [-0.3, -0.25) is 9.88 Å². The fraction of sp³-hybridized carbons (Fsp3) is 0.500. The first-order valence-electron chi connectivity index (χ1n) is 9.55. The summed E-state index contributed by atoms with van der Waals surface area (Å²) >= 11 is 0. The second-order valence-corrected chi connectivity index (χ2v) is 7.50. The highest BCUT2D eigenvalue weighted by molar-refractivity contribution is 5.62. The van der Waals surface area contributed by atoms with E-state index in [1.54, 1.807) is 6.20 Å². The molecule has 0 spiro atoms. The maximum absolute atomic E-state index is 5.30. The lowest BCUT2D eigenvalue weighted by Gasteiger charge is -2.24. The molecule has 0 aromatic carbocycles. The molecule has 7 nitrogen and oxygen atoms in total. The highest BCUT2D eigenvalue weighted by atomic mass is 16.5. The molecule has 27 heavy (non-hydrogen) atoms. The minimum Gasteiger partial charge on any atom is -0.361 e. The van der Waals surface area contributed by atoms with Gasteiger partial charge in [-0.1, -0.05) is 5.16 Å². The molecular formula is C20H26N6O. The summed E-state index contributed by atoms with van der Waals surface area (Å²) in [6.45, 7) is 10.1. The Morgan fingerprint density at radius 2 is 2.11 bits per heavy atom. The number of imidazole rings is 1. The normalized spacial score (nSPS) is 17.9. The molecule has 0 N–H and O–H groups in total. The van der Waals surface area contributed by atoms with Crippen LogP contribution in [0.3, 0.4) is 0 Å². The highest BCUT2D eigenvalue weighted by Gasteiger charge is 2.29. The van der Waals surface area contributed by atoms with Crippen LogP contribution in [-0.4, -0.2) is 36.1 Å². The van der Waals surface area contributed by atoms with Crippen LogP contribution < -0.4 is 0 Å². The molecule has 3 aromatic rings. The summed E-state index contributed by atoms with van der Waals surface area (Å²) in [5.74, 6) is 1.88. The van der Waals surface area contributed by atoms with Crippen molar-refractivity contribution in [3.8, 4) is 11.3 Å². The Kier molecular flexibility index (Phi) is 4.78. The van der Waals surface area contributed by atoms with Crippen LogP contribution in [0, 0.1) is 13.8 Å². The van der Waals surface area contributed by atoms with Crippen LogP contribution in [0.5, 0.6) is 0 Å². The van der Waals surface area contributed by atoms with Gasteiger partial charge in [0.05, 0.1) is 47.6 Å². The number of hydrogen-bond donors (Lipinski definition) is 0. The van der Waals surface area contributed by atoms with Crippen LogP contribution in [-0.2, 0) is 6.54 Å². The van der Waals surface area contributed by atoms with E-state index in [1.165, 1.54) is 0 Å². The summed E-state index contributed by atoms with van der Waals surface area (Å²) in [4.78, 5) is 16.4. The molecule has 3 aromatic heterocycles. The van der Waals surface area contributed by atoms with Crippen molar-refractivity contribution in [2.75, 3.05) is 6.54 Å². The lowest BCUT2D eigenvalue weighted by Crippen LogP contribution is -2.25. The molecule has 7 heteroatoms. The minimum absolute atomic E-state index is 0.259. The zero-order valence-electron chi connectivity index (χ0n) is 16.4. The number of aryl methyl sites for hydroxylation is 2. The first-order chi connectivity index (χ1) is 13.0. The van der Waals surface area contributed by atoms with Crippen molar-refractivity contribution in [1.29, 1.82) is 0 Å². The third kappa shape index (κ3) is 3.39. The molecule has 1 aliphatic heterocycles. The minimum atomic E-state index is 0.259. The first-order valence-corrected chi connectivity index (χ1v) is 9.55. The molecule has 4 rings (SSSR count). The van der Waals surface area contributed by atoms with Gasteiger partial charge in [-0.15, -0.1) is 0 Å². The molecule has 1 fully saturated rings.